The highest BCUT2D eigenvalue weighted by atomic mass is 32.2. The summed E-state index contributed by atoms with van der Waals surface area (Å²) in [5.41, 5.74) is 5.23. The third-order valence-electron chi connectivity index (χ3n) is 6.72. The summed E-state index contributed by atoms with van der Waals surface area (Å²) >= 11 is 1.58. The van der Waals surface area contributed by atoms with Gasteiger partial charge >= 0.3 is 0 Å². The normalized spacial score (nSPS) is 14.7. The average molecular weight is 489 g/mol. The standard InChI is InChI=1S/C27H32N6OS/c1-3-31-13-15-32(16-14-31)24(34)10-7-17-35-27-28-26-25(29-30-27)22-18-20(2)11-12-23(22)33(26)19-21-8-5-4-6-9-21/h4-6,8-9,11-12,18H,3,7,10,13-17,19H2,1-2H3. The van der Waals surface area contributed by atoms with Crippen molar-refractivity contribution in [3.05, 3.63) is 59.7 Å². The summed E-state index contributed by atoms with van der Waals surface area (Å²) in [7, 11) is 0. The molecule has 1 fully saturated rings. The monoisotopic (exact) mass is 488 g/mol. The van der Waals surface area contributed by atoms with E-state index in [-0.39, 0.29) is 5.91 Å². The van der Waals surface area contributed by atoms with Crippen LogP contribution in [0.3, 0.4) is 0 Å². The Morgan fingerprint density at radius 2 is 1.83 bits per heavy atom. The fraction of sp³-hybridized carbons (Fsp3) is 0.407. The van der Waals surface area contributed by atoms with Crippen LogP contribution in [0.25, 0.3) is 22.1 Å². The van der Waals surface area contributed by atoms with E-state index in [1.54, 1.807) is 11.8 Å². The maximum absolute atomic E-state index is 12.6. The van der Waals surface area contributed by atoms with Crippen LogP contribution in [-0.2, 0) is 11.3 Å². The molecule has 1 saturated heterocycles. The number of aromatic nitrogens is 4. The van der Waals surface area contributed by atoms with Crippen LogP contribution >= 0.6 is 11.8 Å². The van der Waals surface area contributed by atoms with Crippen LogP contribution in [-0.4, -0.2) is 73.9 Å². The van der Waals surface area contributed by atoms with Crippen LogP contribution < -0.4 is 0 Å². The minimum atomic E-state index is 0.259. The molecular formula is C27H32N6OS. The Morgan fingerprint density at radius 1 is 1.03 bits per heavy atom. The predicted octanol–water partition coefficient (Wildman–Crippen LogP) is 4.37. The van der Waals surface area contributed by atoms with Crippen LogP contribution in [0.5, 0.6) is 0 Å². The number of piperazine rings is 1. The van der Waals surface area contributed by atoms with Gasteiger partial charge in [-0.2, -0.15) is 0 Å². The molecule has 5 rings (SSSR count). The van der Waals surface area contributed by atoms with Crippen LogP contribution in [0.4, 0.5) is 0 Å². The van der Waals surface area contributed by atoms with Gasteiger partial charge in [0.15, 0.2) is 5.65 Å². The molecule has 1 amide bonds. The number of rotatable bonds is 8. The second-order valence-corrected chi connectivity index (χ2v) is 10.2. The lowest BCUT2D eigenvalue weighted by Gasteiger charge is -2.34. The second kappa shape index (κ2) is 10.7. The van der Waals surface area contributed by atoms with Gasteiger partial charge in [0.2, 0.25) is 11.1 Å². The Hall–Kier alpha value is -2.97. The van der Waals surface area contributed by atoms with Gasteiger partial charge in [-0.15, -0.1) is 10.2 Å². The van der Waals surface area contributed by atoms with Crippen LogP contribution in [0.15, 0.2) is 53.7 Å². The lowest BCUT2D eigenvalue weighted by Crippen LogP contribution is -2.48. The summed E-state index contributed by atoms with van der Waals surface area (Å²) in [5, 5.41) is 10.7. The first-order chi connectivity index (χ1) is 17.1. The SMILES string of the molecule is CCN1CCN(C(=O)CCCSc2nnc3c4cc(C)ccc4n(Cc4ccccc4)c3n2)CC1. The first-order valence-electron chi connectivity index (χ1n) is 12.4. The van der Waals surface area contributed by atoms with Crippen molar-refractivity contribution in [2.24, 2.45) is 0 Å². The van der Waals surface area contributed by atoms with E-state index in [1.807, 2.05) is 11.0 Å². The molecule has 0 N–H and O–H groups in total. The Labute approximate surface area is 210 Å². The fourth-order valence-corrected chi connectivity index (χ4v) is 5.42. The minimum absolute atomic E-state index is 0.259. The zero-order valence-electron chi connectivity index (χ0n) is 20.5. The molecule has 1 aliphatic rings. The van der Waals surface area contributed by atoms with Crippen molar-refractivity contribution in [1.82, 2.24) is 29.5 Å². The molecule has 7 nitrogen and oxygen atoms in total. The van der Waals surface area contributed by atoms with Gasteiger partial charge in [-0.05, 0) is 37.6 Å². The molecule has 0 saturated carbocycles. The molecule has 0 aliphatic carbocycles. The van der Waals surface area contributed by atoms with Crippen molar-refractivity contribution in [1.29, 1.82) is 0 Å². The van der Waals surface area contributed by atoms with Gasteiger partial charge in [-0.1, -0.05) is 60.6 Å². The van der Waals surface area contributed by atoms with Crippen molar-refractivity contribution >= 4 is 39.7 Å². The number of amides is 1. The first kappa shape index (κ1) is 23.8. The van der Waals surface area contributed by atoms with E-state index in [1.165, 1.54) is 11.1 Å². The van der Waals surface area contributed by atoms with E-state index >= 15 is 0 Å². The Kier molecular flexibility index (Phi) is 7.29. The van der Waals surface area contributed by atoms with Crippen molar-refractivity contribution in [2.45, 2.75) is 38.4 Å². The number of carbonyl (C=O) groups is 1. The van der Waals surface area contributed by atoms with E-state index in [0.29, 0.717) is 11.6 Å². The number of nitrogens with zero attached hydrogens (tertiary/aromatic N) is 6. The third-order valence-corrected chi connectivity index (χ3v) is 7.65. The first-order valence-corrected chi connectivity index (χ1v) is 13.4. The number of likely N-dealkylation sites (N-methyl/N-ethyl adjacent to an activating group) is 1. The smallest absolute Gasteiger partial charge is 0.222 e. The molecule has 35 heavy (non-hydrogen) atoms. The summed E-state index contributed by atoms with van der Waals surface area (Å²) in [6, 6.07) is 16.9. The van der Waals surface area contributed by atoms with Crippen LogP contribution in [0.2, 0.25) is 0 Å². The van der Waals surface area contributed by atoms with E-state index in [2.05, 4.69) is 76.0 Å². The van der Waals surface area contributed by atoms with E-state index < -0.39 is 0 Å². The van der Waals surface area contributed by atoms with Gasteiger partial charge in [-0.25, -0.2) is 4.98 Å². The van der Waals surface area contributed by atoms with Gasteiger partial charge in [0.25, 0.3) is 0 Å². The number of hydrogen-bond acceptors (Lipinski definition) is 6. The number of benzene rings is 2. The Bertz CT molecular complexity index is 1310. The second-order valence-electron chi connectivity index (χ2n) is 9.13. The van der Waals surface area contributed by atoms with Gasteiger partial charge in [0.1, 0.15) is 5.52 Å². The molecule has 8 heteroatoms. The molecule has 1 aliphatic heterocycles. The largest absolute Gasteiger partial charge is 0.340 e. The quantitative estimate of drug-likeness (QED) is 0.271. The molecule has 2 aromatic carbocycles. The van der Waals surface area contributed by atoms with Gasteiger partial charge in [-0.3, -0.25) is 4.79 Å². The molecule has 2 aromatic heterocycles. The van der Waals surface area contributed by atoms with Gasteiger partial charge in [0, 0.05) is 50.3 Å². The number of fused-ring (bicyclic) bond motifs is 3. The predicted molar refractivity (Wildman–Crippen MR) is 142 cm³/mol. The van der Waals surface area contributed by atoms with E-state index in [0.717, 1.165) is 73.5 Å². The molecule has 3 heterocycles. The van der Waals surface area contributed by atoms with Crippen molar-refractivity contribution in [2.75, 3.05) is 38.5 Å². The summed E-state index contributed by atoms with van der Waals surface area (Å²) in [6.45, 7) is 9.69. The van der Waals surface area contributed by atoms with Crippen LogP contribution in [0, 0.1) is 6.92 Å². The molecule has 0 spiro atoms. The molecule has 0 unspecified atom stereocenters. The summed E-state index contributed by atoms with van der Waals surface area (Å²) in [5.74, 6) is 1.06. The Balaban J connectivity index is 1.28. The summed E-state index contributed by atoms with van der Waals surface area (Å²) in [6.07, 6.45) is 1.38. The highest BCUT2D eigenvalue weighted by Crippen LogP contribution is 2.29. The van der Waals surface area contributed by atoms with Crippen molar-refractivity contribution in [3.8, 4) is 0 Å². The average Bonchev–Trinajstić information content (AvgIpc) is 3.19. The van der Waals surface area contributed by atoms with Crippen molar-refractivity contribution in [3.63, 3.8) is 0 Å². The number of thioether (sulfide) groups is 1. The lowest BCUT2D eigenvalue weighted by molar-refractivity contribution is -0.132. The zero-order chi connectivity index (χ0) is 24.2. The Morgan fingerprint density at radius 3 is 2.60 bits per heavy atom. The number of hydrogen-bond donors (Lipinski definition) is 0. The van der Waals surface area contributed by atoms with Crippen molar-refractivity contribution < 1.29 is 4.79 Å². The number of aryl methyl sites for hydroxylation is 1. The molecular weight excluding hydrogens is 456 g/mol. The minimum Gasteiger partial charge on any atom is -0.340 e. The summed E-state index contributed by atoms with van der Waals surface area (Å²) < 4.78 is 2.23. The highest BCUT2D eigenvalue weighted by Gasteiger charge is 2.20. The third kappa shape index (κ3) is 5.33. The molecule has 0 radical (unpaired) electrons. The molecule has 0 atom stereocenters. The van der Waals surface area contributed by atoms with Gasteiger partial charge < -0.3 is 14.4 Å². The maximum atomic E-state index is 12.6. The maximum Gasteiger partial charge on any atom is 0.222 e. The van der Waals surface area contributed by atoms with Crippen LogP contribution in [0.1, 0.15) is 30.9 Å². The summed E-state index contributed by atoms with van der Waals surface area (Å²) in [4.78, 5) is 21.9. The van der Waals surface area contributed by atoms with E-state index in [4.69, 9.17) is 4.98 Å². The zero-order valence-corrected chi connectivity index (χ0v) is 21.3. The molecule has 0 bridgehead atoms. The number of carbonyl (C=O) groups excluding carboxylic acids is 1. The molecule has 4 aromatic rings. The topological polar surface area (TPSA) is 67.2 Å². The molecule has 182 valence electrons. The highest BCUT2D eigenvalue weighted by molar-refractivity contribution is 7.99. The fourth-order valence-electron chi connectivity index (χ4n) is 4.70. The lowest BCUT2D eigenvalue weighted by atomic mass is 10.1. The van der Waals surface area contributed by atoms with Gasteiger partial charge in [0.05, 0.1) is 5.52 Å². The van der Waals surface area contributed by atoms with E-state index in [9.17, 15) is 4.79 Å².